The quantitative estimate of drug-likeness (QED) is 0.455. The molecule has 0 aromatic heterocycles. The van der Waals surface area contributed by atoms with Crippen LogP contribution in [0, 0.1) is 0 Å². The second-order valence-corrected chi connectivity index (χ2v) is 5.64. The molecule has 3 aromatic rings. The highest BCUT2D eigenvalue weighted by molar-refractivity contribution is 9.10. The van der Waals surface area contributed by atoms with Crippen LogP contribution >= 0.6 is 15.9 Å². The van der Waals surface area contributed by atoms with E-state index in [9.17, 15) is 4.79 Å². The van der Waals surface area contributed by atoms with Gasteiger partial charge in [-0.1, -0.05) is 52.3 Å². The normalized spacial score (nSPS) is 12.6. The first-order chi connectivity index (χ1) is 9.25. The van der Waals surface area contributed by atoms with Gasteiger partial charge in [0, 0.05) is 21.2 Å². The molecule has 0 bridgehead atoms. The Morgan fingerprint density at radius 2 is 1.58 bits per heavy atom. The number of carbonyl (C=O) groups excluding carboxylic acids is 1. The lowest BCUT2D eigenvalue weighted by molar-refractivity contribution is 0.104. The van der Waals surface area contributed by atoms with Gasteiger partial charge in [-0.25, -0.2) is 0 Å². The lowest BCUT2D eigenvalue weighted by Gasteiger charge is -2.05. The summed E-state index contributed by atoms with van der Waals surface area (Å²) in [6.45, 7) is 0. The average molecular weight is 309 g/mol. The highest BCUT2D eigenvalue weighted by Gasteiger charge is 2.28. The van der Waals surface area contributed by atoms with E-state index < -0.39 is 0 Å². The average Bonchev–Trinajstić information content (AvgIpc) is 2.72. The third kappa shape index (κ3) is 1.44. The summed E-state index contributed by atoms with van der Waals surface area (Å²) in [6, 6.07) is 18.1. The fourth-order valence-corrected chi connectivity index (χ4v) is 3.18. The van der Waals surface area contributed by atoms with E-state index in [0.29, 0.717) is 0 Å². The Balaban J connectivity index is 2.18. The first-order valence-corrected chi connectivity index (χ1v) is 6.91. The lowest BCUT2D eigenvalue weighted by Crippen LogP contribution is -1.94. The first-order valence-electron chi connectivity index (χ1n) is 6.12. The Morgan fingerprint density at radius 1 is 0.789 bits per heavy atom. The molecule has 3 aromatic carbocycles. The van der Waals surface area contributed by atoms with E-state index in [1.165, 1.54) is 5.39 Å². The van der Waals surface area contributed by atoms with Gasteiger partial charge in [-0.3, -0.25) is 4.79 Å². The Morgan fingerprint density at radius 3 is 2.47 bits per heavy atom. The van der Waals surface area contributed by atoms with Crippen molar-refractivity contribution in [1.29, 1.82) is 0 Å². The summed E-state index contributed by atoms with van der Waals surface area (Å²) >= 11 is 3.43. The molecule has 0 aliphatic heterocycles. The van der Waals surface area contributed by atoms with Gasteiger partial charge in [-0.15, -0.1) is 0 Å². The third-order valence-corrected chi connectivity index (χ3v) is 4.16. The molecule has 2 heteroatoms. The van der Waals surface area contributed by atoms with Gasteiger partial charge in [-0.2, -0.15) is 0 Å². The Hall–Kier alpha value is -1.93. The molecule has 0 fully saturated rings. The minimum absolute atomic E-state index is 0.122. The van der Waals surface area contributed by atoms with Crippen molar-refractivity contribution in [3.63, 3.8) is 0 Å². The summed E-state index contributed by atoms with van der Waals surface area (Å²) in [6.07, 6.45) is 0. The van der Waals surface area contributed by atoms with Crippen LogP contribution in [0.3, 0.4) is 0 Å². The van der Waals surface area contributed by atoms with Crippen LogP contribution in [-0.4, -0.2) is 5.78 Å². The van der Waals surface area contributed by atoms with Gasteiger partial charge in [0.25, 0.3) is 0 Å². The molecule has 0 saturated heterocycles. The van der Waals surface area contributed by atoms with Crippen molar-refractivity contribution >= 4 is 32.5 Å². The Kier molecular flexibility index (Phi) is 2.18. The molecular formula is C17H9BrO. The van der Waals surface area contributed by atoms with Crippen molar-refractivity contribution in [1.82, 2.24) is 0 Å². The van der Waals surface area contributed by atoms with Crippen molar-refractivity contribution < 1.29 is 4.79 Å². The molecule has 0 N–H and O–H groups in total. The van der Waals surface area contributed by atoms with E-state index in [1.807, 2.05) is 42.5 Å². The molecule has 0 amide bonds. The fourth-order valence-electron chi connectivity index (χ4n) is 2.82. The number of carbonyl (C=O) groups is 1. The first kappa shape index (κ1) is 10.9. The second kappa shape index (κ2) is 3.78. The van der Waals surface area contributed by atoms with E-state index in [4.69, 9.17) is 0 Å². The molecule has 4 rings (SSSR count). The number of hydrogen-bond donors (Lipinski definition) is 0. The number of benzene rings is 3. The maximum absolute atomic E-state index is 12.5. The molecule has 1 aliphatic rings. The van der Waals surface area contributed by atoms with E-state index in [1.54, 1.807) is 0 Å². The standard InChI is InChI=1S/C17H9BrO/c18-11-6-8-13-15(9-11)17(19)14-7-5-10-3-1-2-4-12(10)16(13)14/h1-9H. The molecule has 1 aliphatic carbocycles. The van der Waals surface area contributed by atoms with Gasteiger partial charge < -0.3 is 0 Å². The summed E-state index contributed by atoms with van der Waals surface area (Å²) in [7, 11) is 0. The largest absolute Gasteiger partial charge is 0.289 e. The molecule has 90 valence electrons. The predicted octanol–water partition coefficient (Wildman–Crippen LogP) is 4.81. The molecule has 0 saturated carbocycles. The topological polar surface area (TPSA) is 17.1 Å². The van der Waals surface area contributed by atoms with Crippen molar-refractivity contribution in [2.45, 2.75) is 0 Å². The number of fused-ring (bicyclic) bond motifs is 5. The summed E-state index contributed by atoms with van der Waals surface area (Å²) in [5, 5.41) is 2.32. The number of halogens is 1. The molecule has 0 spiro atoms. The summed E-state index contributed by atoms with van der Waals surface area (Å²) in [5.74, 6) is 0.122. The van der Waals surface area contributed by atoms with Crippen LogP contribution < -0.4 is 0 Å². The van der Waals surface area contributed by atoms with Crippen molar-refractivity contribution in [2.75, 3.05) is 0 Å². The smallest absolute Gasteiger partial charge is 0.194 e. The molecule has 0 heterocycles. The van der Waals surface area contributed by atoms with Gasteiger partial charge in [0.1, 0.15) is 0 Å². The van der Waals surface area contributed by atoms with Crippen molar-refractivity contribution in [3.8, 4) is 11.1 Å². The number of hydrogen-bond acceptors (Lipinski definition) is 1. The maximum atomic E-state index is 12.5. The van der Waals surface area contributed by atoms with E-state index in [-0.39, 0.29) is 5.78 Å². The van der Waals surface area contributed by atoms with Crippen LogP contribution in [0.4, 0.5) is 0 Å². The lowest BCUT2D eigenvalue weighted by atomic mass is 9.98. The second-order valence-electron chi connectivity index (χ2n) is 4.73. The third-order valence-electron chi connectivity index (χ3n) is 3.67. The van der Waals surface area contributed by atoms with Crippen LogP contribution in [0.1, 0.15) is 15.9 Å². The Labute approximate surface area is 119 Å². The van der Waals surface area contributed by atoms with E-state index >= 15 is 0 Å². The van der Waals surface area contributed by atoms with Gasteiger partial charge in [0.15, 0.2) is 5.78 Å². The van der Waals surface area contributed by atoms with Crippen molar-refractivity contribution in [2.24, 2.45) is 0 Å². The minimum Gasteiger partial charge on any atom is -0.289 e. The van der Waals surface area contributed by atoms with E-state index in [0.717, 1.165) is 32.1 Å². The highest BCUT2D eigenvalue weighted by Crippen LogP contribution is 2.41. The molecule has 0 unspecified atom stereocenters. The molecular weight excluding hydrogens is 300 g/mol. The van der Waals surface area contributed by atoms with Crippen LogP contribution in [0.25, 0.3) is 21.9 Å². The zero-order valence-electron chi connectivity index (χ0n) is 9.98. The van der Waals surface area contributed by atoms with Crippen LogP contribution in [0.2, 0.25) is 0 Å². The van der Waals surface area contributed by atoms with Crippen LogP contribution in [0.5, 0.6) is 0 Å². The minimum atomic E-state index is 0.122. The zero-order valence-corrected chi connectivity index (χ0v) is 11.6. The van der Waals surface area contributed by atoms with Gasteiger partial charge >= 0.3 is 0 Å². The SMILES string of the molecule is O=C1c2cc(Br)ccc2-c2c1ccc1ccccc21. The summed E-state index contributed by atoms with van der Waals surface area (Å²) < 4.78 is 0.941. The van der Waals surface area contributed by atoms with Crippen LogP contribution in [-0.2, 0) is 0 Å². The zero-order chi connectivity index (χ0) is 13.0. The van der Waals surface area contributed by atoms with Gasteiger partial charge in [-0.05, 0) is 34.5 Å². The van der Waals surface area contributed by atoms with E-state index in [2.05, 4.69) is 28.1 Å². The number of ketones is 1. The van der Waals surface area contributed by atoms with Crippen molar-refractivity contribution in [3.05, 3.63) is 70.2 Å². The molecule has 0 radical (unpaired) electrons. The highest BCUT2D eigenvalue weighted by atomic mass is 79.9. The fraction of sp³-hybridized carbons (Fsp3) is 0. The molecule has 0 atom stereocenters. The molecule has 19 heavy (non-hydrogen) atoms. The van der Waals surface area contributed by atoms with Gasteiger partial charge in [0.2, 0.25) is 0 Å². The Bertz CT molecular complexity index is 849. The monoisotopic (exact) mass is 308 g/mol. The maximum Gasteiger partial charge on any atom is 0.194 e. The summed E-state index contributed by atoms with van der Waals surface area (Å²) in [4.78, 5) is 12.5. The summed E-state index contributed by atoms with van der Waals surface area (Å²) in [5.41, 5.74) is 3.72. The molecule has 1 nitrogen and oxygen atoms in total. The predicted molar refractivity (Wildman–Crippen MR) is 80.5 cm³/mol. The van der Waals surface area contributed by atoms with Crippen LogP contribution in [0.15, 0.2) is 59.1 Å². The number of rotatable bonds is 0. The van der Waals surface area contributed by atoms with Gasteiger partial charge in [0.05, 0.1) is 0 Å².